The second-order valence-electron chi connectivity index (χ2n) is 6.58. The molecule has 2 aromatic rings. The summed E-state index contributed by atoms with van der Waals surface area (Å²) in [6, 6.07) is 6.83. The van der Waals surface area contributed by atoms with Crippen molar-refractivity contribution < 1.29 is 27.8 Å². The predicted molar refractivity (Wildman–Crippen MR) is 98.1 cm³/mol. The first-order valence-electron chi connectivity index (χ1n) is 8.47. The largest absolute Gasteiger partial charge is 0.424 e. The van der Waals surface area contributed by atoms with Gasteiger partial charge in [0.15, 0.2) is 0 Å². The summed E-state index contributed by atoms with van der Waals surface area (Å²) in [5, 5.41) is 11.8. The number of rotatable bonds is 4. The lowest BCUT2D eigenvalue weighted by Gasteiger charge is -2.36. The van der Waals surface area contributed by atoms with E-state index < -0.39 is 35.2 Å². The Morgan fingerprint density at radius 2 is 2.07 bits per heavy atom. The zero-order chi connectivity index (χ0) is 20.5. The van der Waals surface area contributed by atoms with E-state index in [9.17, 15) is 23.1 Å². The first-order valence-corrected chi connectivity index (χ1v) is 9.72. The second-order valence-corrected chi connectivity index (χ2v) is 7.87. The highest BCUT2D eigenvalue weighted by Crippen LogP contribution is 2.43. The van der Waals surface area contributed by atoms with E-state index in [2.05, 4.69) is 4.98 Å². The zero-order valence-electron chi connectivity index (χ0n) is 14.9. The van der Waals surface area contributed by atoms with Crippen LogP contribution in [0.3, 0.4) is 0 Å². The van der Waals surface area contributed by atoms with E-state index in [1.165, 1.54) is 17.2 Å². The molecule has 1 N–H and O–H groups in total. The highest BCUT2D eigenvalue weighted by atomic mass is 35.5. The Morgan fingerprint density at radius 1 is 1.39 bits per heavy atom. The minimum atomic E-state index is -5.03. The van der Waals surface area contributed by atoms with Gasteiger partial charge in [0.1, 0.15) is 11.1 Å². The van der Waals surface area contributed by atoms with Gasteiger partial charge in [-0.05, 0) is 24.6 Å². The van der Waals surface area contributed by atoms with Crippen LogP contribution in [0.2, 0.25) is 5.02 Å². The van der Waals surface area contributed by atoms with E-state index in [1.807, 2.05) is 0 Å². The number of aryl methyl sites for hydroxylation is 1. The van der Waals surface area contributed by atoms with E-state index in [-0.39, 0.29) is 19.7 Å². The van der Waals surface area contributed by atoms with Crippen molar-refractivity contribution in [3.05, 3.63) is 50.9 Å². The summed E-state index contributed by atoms with van der Waals surface area (Å²) in [6.45, 7) is 1.94. The number of carbonyl (C=O) groups is 1. The summed E-state index contributed by atoms with van der Waals surface area (Å²) in [7, 11) is 0. The third-order valence-corrected chi connectivity index (χ3v) is 5.87. The topological polar surface area (TPSA) is 62.7 Å². The maximum absolute atomic E-state index is 13.6. The van der Waals surface area contributed by atoms with E-state index in [4.69, 9.17) is 16.3 Å². The first kappa shape index (κ1) is 21.0. The molecule has 0 saturated carbocycles. The number of morpholine rings is 1. The van der Waals surface area contributed by atoms with Crippen LogP contribution in [0.5, 0.6) is 0 Å². The summed E-state index contributed by atoms with van der Waals surface area (Å²) in [5.74, 6) is -0.810. The van der Waals surface area contributed by atoms with Crippen LogP contribution in [0, 0.1) is 6.92 Å². The minimum absolute atomic E-state index is 0.0886. The van der Waals surface area contributed by atoms with Crippen LogP contribution < -0.4 is 0 Å². The third-order valence-electron chi connectivity index (χ3n) is 4.51. The molecular weight excluding hydrogens is 417 g/mol. The van der Waals surface area contributed by atoms with Gasteiger partial charge in [0.25, 0.3) is 0 Å². The number of aromatic nitrogens is 1. The number of halogens is 4. The summed E-state index contributed by atoms with van der Waals surface area (Å²) in [5.41, 5.74) is -2.20. The van der Waals surface area contributed by atoms with Crippen molar-refractivity contribution in [1.29, 1.82) is 0 Å². The standard InChI is InChI=1S/C18H18ClF3N2O3S/c1-11-10-28-16(23-11)17(26,18(20,21)22)8-15(25)24-6-7-27-14(9-24)12-2-4-13(19)5-3-12/h2-5,10,14,26H,6-9H2,1H3/t14-,17-/m0/s1. The van der Waals surface area contributed by atoms with Crippen LogP contribution in [0.15, 0.2) is 29.6 Å². The van der Waals surface area contributed by atoms with Crippen molar-refractivity contribution in [3.8, 4) is 0 Å². The van der Waals surface area contributed by atoms with Gasteiger partial charge in [0, 0.05) is 22.6 Å². The van der Waals surface area contributed by atoms with E-state index >= 15 is 0 Å². The lowest BCUT2D eigenvalue weighted by atomic mass is 9.98. The molecule has 0 bridgehead atoms. The summed E-state index contributed by atoms with van der Waals surface area (Å²) in [6.07, 6.45) is -6.64. The van der Waals surface area contributed by atoms with Gasteiger partial charge in [-0.2, -0.15) is 13.2 Å². The molecule has 152 valence electrons. The number of amides is 1. The van der Waals surface area contributed by atoms with Gasteiger partial charge >= 0.3 is 6.18 Å². The number of thiazole rings is 1. The summed E-state index contributed by atoms with van der Waals surface area (Å²) < 4.78 is 46.5. The number of hydrogen-bond acceptors (Lipinski definition) is 5. The highest BCUT2D eigenvalue weighted by molar-refractivity contribution is 7.09. The number of nitrogens with zero attached hydrogens (tertiary/aromatic N) is 2. The van der Waals surface area contributed by atoms with Crippen molar-refractivity contribution in [1.82, 2.24) is 9.88 Å². The fourth-order valence-electron chi connectivity index (χ4n) is 2.93. The molecule has 5 nitrogen and oxygen atoms in total. The molecule has 1 aliphatic heterocycles. The molecule has 0 spiro atoms. The Kier molecular flexibility index (Phi) is 6.00. The molecule has 0 radical (unpaired) electrons. The van der Waals surface area contributed by atoms with E-state index in [0.29, 0.717) is 22.1 Å². The average molecular weight is 435 g/mol. The first-order chi connectivity index (χ1) is 13.1. The van der Waals surface area contributed by atoms with Crippen LogP contribution in [-0.4, -0.2) is 46.8 Å². The van der Waals surface area contributed by atoms with E-state index in [1.54, 1.807) is 24.3 Å². The molecule has 28 heavy (non-hydrogen) atoms. The molecule has 2 atom stereocenters. The van der Waals surface area contributed by atoms with Crippen molar-refractivity contribution in [2.45, 2.75) is 31.2 Å². The Bertz CT molecular complexity index is 843. The van der Waals surface area contributed by atoms with Crippen molar-refractivity contribution in [3.63, 3.8) is 0 Å². The SMILES string of the molecule is Cc1csc([C@@](O)(CC(=O)N2CCO[C@H](c3ccc(Cl)cc3)C2)C(F)(F)F)n1. The van der Waals surface area contributed by atoms with E-state index in [0.717, 1.165) is 5.56 Å². The molecule has 3 rings (SSSR count). The fraction of sp³-hybridized carbons (Fsp3) is 0.444. The quantitative estimate of drug-likeness (QED) is 0.794. The molecule has 0 unspecified atom stereocenters. The molecule has 1 aromatic carbocycles. The fourth-order valence-corrected chi connectivity index (χ4v) is 3.97. The Balaban J connectivity index is 1.77. The number of hydrogen-bond donors (Lipinski definition) is 1. The molecule has 1 fully saturated rings. The van der Waals surface area contributed by atoms with Crippen LogP contribution in [-0.2, 0) is 15.1 Å². The number of aliphatic hydroxyl groups is 1. The van der Waals surface area contributed by atoms with Gasteiger partial charge in [-0.3, -0.25) is 4.79 Å². The lowest BCUT2D eigenvalue weighted by molar-refractivity contribution is -0.268. The second kappa shape index (κ2) is 7.98. The van der Waals surface area contributed by atoms with Gasteiger partial charge in [-0.25, -0.2) is 4.98 Å². The van der Waals surface area contributed by atoms with Crippen LogP contribution in [0.1, 0.15) is 28.8 Å². The molecule has 2 heterocycles. The minimum Gasteiger partial charge on any atom is -0.374 e. The van der Waals surface area contributed by atoms with Gasteiger partial charge in [-0.1, -0.05) is 23.7 Å². The number of benzene rings is 1. The molecule has 1 aliphatic rings. The molecule has 1 amide bonds. The summed E-state index contributed by atoms with van der Waals surface area (Å²) >= 11 is 6.54. The Labute approximate surface area is 168 Å². The van der Waals surface area contributed by atoms with Crippen molar-refractivity contribution in [2.24, 2.45) is 0 Å². The van der Waals surface area contributed by atoms with Crippen molar-refractivity contribution >= 4 is 28.8 Å². The number of carbonyl (C=O) groups excluding carboxylic acids is 1. The Hall–Kier alpha value is -1.68. The van der Waals surface area contributed by atoms with Crippen LogP contribution in [0.4, 0.5) is 13.2 Å². The molecule has 1 aromatic heterocycles. The lowest BCUT2D eigenvalue weighted by Crippen LogP contribution is -2.49. The third kappa shape index (κ3) is 4.32. The smallest absolute Gasteiger partial charge is 0.374 e. The maximum Gasteiger partial charge on any atom is 0.424 e. The van der Waals surface area contributed by atoms with Crippen molar-refractivity contribution in [2.75, 3.05) is 19.7 Å². The zero-order valence-corrected chi connectivity index (χ0v) is 16.4. The predicted octanol–water partition coefficient (Wildman–Crippen LogP) is 3.85. The molecule has 10 heteroatoms. The molecule has 0 aliphatic carbocycles. The van der Waals surface area contributed by atoms with Gasteiger partial charge < -0.3 is 14.7 Å². The van der Waals surface area contributed by atoms with Crippen LogP contribution >= 0.6 is 22.9 Å². The number of alkyl halides is 3. The maximum atomic E-state index is 13.6. The van der Waals surface area contributed by atoms with Gasteiger partial charge in [-0.15, -0.1) is 11.3 Å². The molecule has 1 saturated heterocycles. The molecular formula is C18H18ClF3N2O3S. The highest BCUT2D eigenvalue weighted by Gasteiger charge is 2.58. The normalized spacial score (nSPS) is 20.1. The summed E-state index contributed by atoms with van der Waals surface area (Å²) in [4.78, 5) is 17.7. The Morgan fingerprint density at radius 3 is 2.64 bits per heavy atom. The monoisotopic (exact) mass is 434 g/mol. The van der Waals surface area contributed by atoms with Gasteiger partial charge in [0.2, 0.25) is 11.5 Å². The average Bonchev–Trinajstić information content (AvgIpc) is 3.08. The van der Waals surface area contributed by atoms with Gasteiger partial charge in [0.05, 0.1) is 19.6 Å². The number of ether oxygens (including phenoxy) is 1. The van der Waals surface area contributed by atoms with Crippen LogP contribution in [0.25, 0.3) is 0 Å².